The molecule has 0 aromatic heterocycles. The molecule has 1 aromatic rings. The van der Waals surface area contributed by atoms with Gasteiger partial charge in [-0.2, -0.15) is 0 Å². The number of carbonyl (C=O) groups is 2. The molecule has 2 N–H and O–H groups in total. The Hall–Kier alpha value is -2.24. The molecule has 0 aliphatic carbocycles. The Kier molecular flexibility index (Phi) is 7.08. The van der Waals surface area contributed by atoms with E-state index in [9.17, 15) is 9.59 Å². The molecule has 0 saturated carbocycles. The van der Waals surface area contributed by atoms with Crippen LogP contribution in [0, 0.1) is 6.92 Å². The van der Waals surface area contributed by atoms with Gasteiger partial charge in [-0.3, -0.25) is 4.79 Å². The van der Waals surface area contributed by atoms with Gasteiger partial charge in [-0.25, -0.2) is 4.79 Å². The number of carbonyl (C=O) groups excluding carboxylic acids is 1. The summed E-state index contributed by atoms with van der Waals surface area (Å²) in [5.74, 6) is -0.0444. The highest BCUT2D eigenvalue weighted by atomic mass is 16.5. The molecular formula is C15H22N2O4. The summed E-state index contributed by atoms with van der Waals surface area (Å²) in [6, 6.07) is 7.48. The number of nitrogens with zero attached hydrogens (tertiary/aromatic N) is 1. The average molecular weight is 294 g/mol. The third kappa shape index (κ3) is 6.65. The summed E-state index contributed by atoms with van der Waals surface area (Å²) >= 11 is 0. The molecule has 0 atom stereocenters. The van der Waals surface area contributed by atoms with Gasteiger partial charge in [0.2, 0.25) is 0 Å². The molecule has 116 valence electrons. The number of hydrogen-bond donors (Lipinski definition) is 2. The number of ether oxygens (including phenoxy) is 1. The number of aliphatic carboxylic acids is 1. The first kappa shape index (κ1) is 16.8. The maximum atomic E-state index is 11.7. The lowest BCUT2D eigenvalue weighted by Crippen LogP contribution is -2.39. The monoisotopic (exact) mass is 294 g/mol. The smallest absolute Gasteiger partial charge is 0.317 e. The Morgan fingerprint density at radius 2 is 2.05 bits per heavy atom. The van der Waals surface area contributed by atoms with Crippen molar-refractivity contribution in [3.05, 3.63) is 29.8 Å². The van der Waals surface area contributed by atoms with Crippen LogP contribution in [0.3, 0.4) is 0 Å². The molecule has 0 bridgehead atoms. The molecule has 6 heteroatoms. The highest BCUT2D eigenvalue weighted by Gasteiger charge is 2.08. The molecule has 6 nitrogen and oxygen atoms in total. The highest BCUT2D eigenvalue weighted by molar-refractivity contribution is 5.73. The number of carboxylic acid groups (broad SMARTS) is 1. The summed E-state index contributed by atoms with van der Waals surface area (Å²) in [5, 5.41) is 11.2. The molecule has 0 fully saturated rings. The number of hydrogen-bond acceptors (Lipinski definition) is 3. The third-order valence-electron chi connectivity index (χ3n) is 2.97. The number of likely N-dealkylation sites (N-methyl/N-ethyl adjacent to an activating group) is 1. The number of rotatable bonds is 8. The van der Waals surface area contributed by atoms with Gasteiger partial charge in [0.25, 0.3) is 0 Å². The van der Waals surface area contributed by atoms with Crippen molar-refractivity contribution >= 4 is 12.0 Å². The lowest BCUT2D eigenvalue weighted by atomic mass is 10.2. The topological polar surface area (TPSA) is 78.9 Å². The summed E-state index contributed by atoms with van der Waals surface area (Å²) in [4.78, 5) is 23.6. The predicted molar refractivity (Wildman–Crippen MR) is 79.6 cm³/mol. The number of amides is 2. The van der Waals surface area contributed by atoms with E-state index in [1.54, 1.807) is 7.05 Å². The fraction of sp³-hybridized carbons (Fsp3) is 0.467. The molecule has 1 aromatic carbocycles. The molecule has 2 amide bonds. The number of aryl methyl sites for hydroxylation is 1. The van der Waals surface area contributed by atoms with E-state index in [4.69, 9.17) is 9.84 Å². The van der Waals surface area contributed by atoms with Crippen molar-refractivity contribution < 1.29 is 19.4 Å². The normalized spacial score (nSPS) is 10.0. The fourth-order valence-corrected chi connectivity index (χ4v) is 1.68. The Labute approximate surface area is 124 Å². The zero-order chi connectivity index (χ0) is 15.7. The summed E-state index contributed by atoms with van der Waals surface area (Å²) in [7, 11) is 1.67. The van der Waals surface area contributed by atoms with Crippen LogP contribution in [-0.2, 0) is 4.79 Å². The quantitative estimate of drug-likeness (QED) is 0.718. The molecular weight excluding hydrogens is 272 g/mol. The van der Waals surface area contributed by atoms with Crippen molar-refractivity contribution in [3.8, 4) is 5.75 Å². The Balaban J connectivity index is 2.21. The van der Waals surface area contributed by atoms with Gasteiger partial charge in [0.15, 0.2) is 0 Å². The van der Waals surface area contributed by atoms with E-state index >= 15 is 0 Å². The molecule has 0 aliphatic rings. The zero-order valence-electron chi connectivity index (χ0n) is 12.5. The van der Waals surface area contributed by atoms with Crippen LogP contribution >= 0.6 is 0 Å². The van der Waals surface area contributed by atoms with Crippen LogP contribution < -0.4 is 10.1 Å². The van der Waals surface area contributed by atoms with E-state index in [0.717, 1.165) is 11.3 Å². The molecule has 0 radical (unpaired) electrons. The first-order valence-corrected chi connectivity index (χ1v) is 6.90. The van der Waals surface area contributed by atoms with Crippen LogP contribution in [0.25, 0.3) is 0 Å². The number of para-hydroxylation sites is 1. The van der Waals surface area contributed by atoms with Crippen LogP contribution in [0.4, 0.5) is 4.79 Å². The SMILES string of the molecule is Cc1ccccc1OCCN(C)C(=O)NCCCC(=O)O. The van der Waals surface area contributed by atoms with E-state index in [1.165, 1.54) is 4.90 Å². The average Bonchev–Trinajstić information content (AvgIpc) is 2.45. The minimum Gasteiger partial charge on any atom is -0.491 e. The highest BCUT2D eigenvalue weighted by Crippen LogP contribution is 2.15. The standard InChI is InChI=1S/C15H22N2O4/c1-12-6-3-4-7-13(12)21-11-10-17(2)15(20)16-9-5-8-14(18)19/h3-4,6-7H,5,8-11H2,1-2H3,(H,16,20)(H,18,19). The van der Waals surface area contributed by atoms with Crippen LogP contribution in [-0.4, -0.2) is 48.8 Å². The van der Waals surface area contributed by atoms with E-state index in [0.29, 0.717) is 26.1 Å². The number of urea groups is 1. The Bertz CT molecular complexity index is 476. The molecule has 0 unspecified atom stereocenters. The van der Waals surface area contributed by atoms with Gasteiger partial charge in [0.1, 0.15) is 12.4 Å². The summed E-state index contributed by atoms with van der Waals surface area (Å²) in [6.45, 7) is 3.19. The molecule has 0 saturated heterocycles. The van der Waals surface area contributed by atoms with Crippen molar-refractivity contribution in [2.24, 2.45) is 0 Å². The maximum absolute atomic E-state index is 11.7. The van der Waals surface area contributed by atoms with Crippen LogP contribution in [0.5, 0.6) is 5.75 Å². The summed E-state index contributed by atoms with van der Waals surface area (Å²) in [6.07, 6.45) is 0.481. The molecule has 0 aliphatic heterocycles. The van der Waals surface area contributed by atoms with Gasteiger partial charge in [0.05, 0.1) is 6.54 Å². The number of carboxylic acids is 1. The van der Waals surface area contributed by atoms with Crippen molar-refractivity contribution in [3.63, 3.8) is 0 Å². The molecule has 0 spiro atoms. The molecule has 1 rings (SSSR count). The van der Waals surface area contributed by atoms with Crippen LogP contribution in [0.15, 0.2) is 24.3 Å². The fourth-order valence-electron chi connectivity index (χ4n) is 1.68. The van der Waals surface area contributed by atoms with Crippen molar-refractivity contribution in [1.82, 2.24) is 10.2 Å². The first-order valence-electron chi connectivity index (χ1n) is 6.90. The predicted octanol–water partition coefficient (Wildman–Crippen LogP) is 1.88. The largest absolute Gasteiger partial charge is 0.491 e. The van der Waals surface area contributed by atoms with Gasteiger partial charge in [0, 0.05) is 20.0 Å². The second kappa shape index (κ2) is 8.84. The lowest BCUT2D eigenvalue weighted by molar-refractivity contribution is -0.137. The second-order valence-electron chi connectivity index (χ2n) is 4.76. The number of nitrogens with one attached hydrogen (secondary N) is 1. The Morgan fingerprint density at radius 3 is 2.71 bits per heavy atom. The van der Waals surface area contributed by atoms with Crippen molar-refractivity contribution in [2.75, 3.05) is 26.7 Å². The van der Waals surface area contributed by atoms with E-state index in [1.807, 2.05) is 31.2 Å². The maximum Gasteiger partial charge on any atom is 0.317 e. The van der Waals surface area contributed by atoms with Crippen LogP contribution in [0.2, 0.25) is 0 Å². The molecule has 21 heavy (non-hydrogen) atoms. The van der Waals surface area contributed by atoms with Crippen molar-refractivity contribution in [1.29, 1.82) is 0 Å². The number of benzene rings is 1. The van der Waals surface area contributed by atoms with Gasteiger partial charge in [-0.05, 0) is 25.0 Å². The van der Waals surface area contributed by atoms with Crippen LogP contribution in [0.1, 0.15) is 18.4 Å². The summed E-state index contributed by atoms with van der Waals surface area (Å²) in [5.41, 5.74) is 1.05. The van der Waals surface area contributed by atoms with E-state index in [-0.39, 0.29) is 12.5 Å². The summed E-state index contributed by atoms with van der Waals surface area (Å²) < 4.78 is 5.62. The Morgan fingerprint density at radius 1 is 1.33 bits per heavy atom. The minimum absolute atomic E-state index is 0.0559. The first-order chi connectivity index (χ1) is 10.0. The van der Waals surface area contributed by atoms with Gasteiger partial charge in [-0.1, -0.05) is 18.2 Å². The van der Waals surface area contributed by atoms with E-state index < -0.39 is 5.97 Å². The molecule has 0 heterocycles. The van der Waals surface area contributed by atoms with Crippen molar-refractivity contribution in [2.45, 2.75) is 19.8 Å². The zero-order valence-corrected chi connectivity index (χ0v) is 12.5. The third-order valence-corrected chi connectivity index (χ3v) is 2.97. The van der Waals surface area contributed by atoms with E-state index in [2.05, 4.69) is 5.32 Å². The second-order valence-corrected chi connectivity index (χ2v) is 4.76. The van der Waals surface area contributed by atoms with Gasteiger partial charge < -0.3 is 20.1 Å². The van der Waals surface area contributed by atoms with Gasteiger partial charge in [-0.15, -0.1) is 0 Å². The minimum atomic E-state index is -0.857. The lowest BCUT2D eigenvalue weighted by Gasteiger charge is -2.18. The van der Waals surface area contributed by atoms with Gasteiger partial charge >= 0.3 is 12.0 Å².